The summed E-state index contributed by atoms with van der Waals surface area (Å²) < 4.78 is 10.4. The fourth-order valence-corrected chi connectivity index (χ4v) is 5.66. The predicted octanol–water partition coefficient (Wildman–Crippen LogP) is 13.1. The Bertz CT molecular complexity index is 902. The van der Waals surface area contributed by atoms with Crippen molar-refractivity contribution < 1.29 is 24.2 Å². The van der Waals surface area contributed by atoms with E-state index in [0.717, 1.165) is 17.5 Å². The first kappa shape index (κ1) is 45.0. The average Bonchev–Trinajstić information content (AvgIpc) is 3.01. The van der Waals surface area contributed by atoms with Crippen molar-refractivity contribution in [1.29, 1.82) is 0 Å². The topological polar surface area (TPSA) is 72.8 Å². The maximum atomic E-state index is 11.5. The Hall–Kier alpha value is -2.04. The lowest BCUT2D eigenvalue weighted by molar-refractivity contribution is -0.143. The minimum atomic E-state index is -0.268. The number of benzene rings is 1. The number of carbonyl (C=O) groups is 2. The summed E-state index contributed by atoms with van der Waals surface area (Å²) in [6, 6.07) is 3.52. The van der Waals surface area contributed by atoms with Crippen molar-refractivity contribution >= 4 is 11.9 Å². The number of hydrogen-bond acceptors (Lipinski definition) is 5. The van der Waals surface area contributed by atoms with Gasteiger partial charge in [0.15, 0.2) is 0 Å². The highest BCUT2D eigenvalue weighted by molar-refractivity contribution is 5.72. The molecular formula is C42H76O5. The van der Waals surface area contributed by atoms with Crippen LogP contribution in [0.1, 0.15) is 215 Å². The second-order valence-corrected chi connectivity index (χ2v) is 15.5. The van der Waals surface area contributed by atoms with Crippen LogP contribution in [0.25, 0.3) is 0 Å². The van der Waals surface area contributed by atoms with E-state index in [1.165, 1.54) is 122 Å². The van der Waals surface area contributed by atoms with Gasteiger partial charge in [-0.25, -0.2) is 0 Å². The molecule has 0 atom stereocenters. The van der Waals surface area contributed by atoms with E-state index in [4.69, 9.17) is 9.47 Å². The summed E-state index contributed by atoms with van der Waals surface area (Å²) in [5.41, 5.74) is 1.14. The Morgan fingerprint density at radius 3 is 1.15 bits per heavy atom. The number of aromatic hydroxyl groups is 1. The first-order valence-corrected chi connectivity index (χ1v) is 19.5. The number of esters is 2. The maximum absolute atomic E-state index is 11.5. The Labute approximate surface area is 291 Å². The number of carbonyl (C=O) groups excluding carboxylic acids is 2. The summed E-state index contributed by atoms with van der Waals surface area (Å²) in [4.78, 5) is 22.5. The van der Waals surface area contributed by atoms with Crippen LogP contribution < -0.4 is 4.74 Å². The van der Waals surface area contributed by atoms with Crippen molar-refractivity contribution in [3.05, 3.63) is 23.3 Å². The summed E-state index contributed by atoms with van der Waals surface area (Å²) in [5.74, 6) is 0.467. The molecule has 5 nitrogen and oxygen atoms in total. The third kappa shape index (κ3) is 23.9. The molecule has 0 amide bonds. The van der Waals surface area contributed by atoms with Crippen LogP contribution in [-0.4, -0.2) is 23.7 Å². The molecule has 0 aromatic heterocycles. The van der Waals surface area contributed by atoms with E-state index in [1.54, 1.807) is 19.1 Å². The molecule has 0 aliphatic rings. The quantitative estimate of drug-likeness (QED) is 0.0678. The zero-order chi connectivity index (χ0) is 35.6. The lowest BCUT2D eigenvalue weighted by atomic mass is 9.79. The minimum absolute atomic E-state index is 0.0622. The summed E-state index contributed by atoms with van der Waals surface area (Å²) in [6.45, 7) is 18.7. The Kier molecular flexibility index (Phi) is 25.7. The predicted molar refractivity (Wildman–Crippen MR) is 201 cm³/mol. The average molecular weight is 661 g/mol. The molecule has 0 aliphatic heterocycles. The van der Waals surface area contributed by atoms with Gasteiger partial charge < -0.3 is 14.6 Å². The van der Waals surface area contributed by atoms with Crippen LogP contribution in [-0.2, 0) is 25.2 Å². The van der Waals surface area contributed by atoms with Gasteiger partial charge in [0.1, 0.15) is 11.5 Å². The van der Waals surface area contributed by atoms with Gasteiger partial charge in [-0.05, 0) is 29.4 Å². The molecule has 0 bridgehead atoms. The lowest BCUT2D eigenvalue weighted by Gasteiger charge is -2.27. The Balaban J connectivity index is 0.000000939. The summed E-state index contributed by atoms with van der Waals surface area (Å²) in [5, 5.41) is 10.5. The molecule has 0 radical (unpaired) electrons. The fourth-order valence-electron chi connectivity index (χ4n) is 5.66. The first-order valence-electron chi connectivity index (χ1n) is 19.5. The van der Waals surface area contributed by atoms with Gasteiger partial charge >= 0.3 is 11.9 Å². The maximum Gasteiger partial charge on any atom is 0.310 e. The van der Waals surface area contributed by atoms with Gasteiger partial charge in [-0.15, -0.1) is 0 Å². The van der Waals surface area contributed by atoms with Crippen LogP contribution in [0.2, 0.25) is 0 Å². The van der Waals surface area contributed by atoms with E-state index < -0.39 is 0 Å². The molecule has 0 aliphatic carbocycles. The van der Waals surface area contributed by atoms with Gasteiger partial charge in [-0.2, -0.15) is 0 Å². The van der Waals surface area contributed by atoms with Crippen LogP contribution in [0, 0.1) is 0 Å². The van der Waals surface area contributed by atoms with Gasteiger partial charge in [-0.1, -0.05) is 184 Å². The molecule has 47 heavy (non-hydrogen) atoms. The van der Waals surface area contributed by atoms with Crippen LogP contribution in [0.4, 0.5) is 0 Å². The molecule has 0 saturated heterocycles. The number of rotatable bonds is 24. The number of hydrogen-bond donors (Lipinski definition) is 1. The molecule has 0 spiro atoms. The SMILES string of the molecule is CCC(=O)Oc1cc(C(C)(C)C)c(O)c(C(C)(C)C)c1.CCCCCCCCCCCCCCCCCCCCCCOC(=O)CC. The number of unbranched alkanes of at least 4 members (excludes halogenated alkanes) is 19. The van der Waals surface area contributed by atoms with Crippen molar-refractivity contribution in [1.82, 2.24) is 0 Å². The van der Waals surface area contributed by atoms with E-state index in [-0.39, 0.29) is 22.8 Å². The molecule has 1 aromatic rings. The zero-order valence-corrected chi connectivity index (χ0v) is 32.5. The van der Waals surface area contributed by atoms with Gasteiger partial charge in [0.05, 0.1) is 6.61 Å². The van der Waals surface area contributed by atoms with E-state index >= 15 is 0 Å². The third-order valence-corrected chi connectivity index (χ3v) is 8.77. The summed E-state index contributed by atoms with van der Waals surface area (Å²) in [7, 11) is 0. The van der Waals surface area contributed by atoms with Crippen molar-refractivity contribution in [2.24, 2.45) is 0 Å². The second kappa shape index (κ2) is 26.9. The second-order valence-electron chi connectivity index (χ2n) is 15.5. The molecule has 1 N–H and O–H groups in total. The van der Waals surface area contributed by atoms with Gasteiger partial charge in [0, 0.05) is 24.0 Å². The highest BCUT2D eigenvalue weighted by atomic mass is 16.5. The summed E-state index contributed by atoms with van der Waals surface area (Å²) >= 11 is 0. The molecule has 1 rings (SSSR count). The number of phenolic OH excluding ortho intramolecular Hbond substituents is 1. The molecule has 0 heterocycles. The van der Waals surface area contributed by atoms with Crippen molar-refractivity contribution in [3.8, 4) is 11.5 Å². The van der Waals surface area contributed by atoms with Gasteiger partial charge in [-0.3, -0.25) is 9.59 Å². The first-order chi connectivity index (χ1) is 22.3. The van der Waals surface area contributed by atoms with Crippen LogP contribution in [0.3, 0.4) is 0 Å². The monoisotopic (exact) mass is 661 g/mol. The Morgan fingerprint density at radius 1 is 0.532 bits per heavy atom. The van der Waals surface area contributed by atoms with Crippen LogP contribution in [0.15, 0.2) is 12.1 Å². The van der Waals surface area contributed by atoms with Crippen LogP contribution in [0.5, 0.6) is 11.5 Å². The van der Waals surface area contributed by atoms with Gasteiger partial charge in [0.2, 0.25) is 0 Å². The van der Waals surface area contributed by atoms with E-state index in [2.05, 4.69) is 6.92 Å². The van der Waals surface area contributed by atoms with Crippen molar-refractivity contribution in [2.75, 3.05) is 6.61 Å². The van der Waals surface area contributed by atoms with E-state index in [1.807, 2.05) is 48.5 Å². The standard InChI is InChI=1S/C25H50O2.C17H26O3/c1-3-5-6-7-8-9-10-11-12-13-14-15-16-17-18-19-20-21-22-23-24-27-25(26)4-2;1-8-14(18)20-11-9-12(16(2,3)4)15(19)13(10-11)17(5,6)7/h3-24H2,1-2H3;9-10,19H,8H2,1-7H3. The van der Waals surface area contributed by atoms with E-state index in [0.29, 0.717) is 30.9 Å². The Morgan fingerprint density at radius 2 is 0.851 bits per heavy atom. The highest BCUT2D eigenvalue weighted by Gasteiger charge is 2.27. The molecule has 0 unspecified atom stereocenters. The van der Waals surface area contributed by atoms with E-state index in [9.17, 15) is 14.7 Å². The lowest BCUT2D eigenvalue weighted by Crippen LogP contribution is -2.18. The molecular weight excluding hydrogens is 584 g/mol. The number of phenols is 1. The molecule has 5 heteroatoms. The van der Waals surface area contributed by atoms with Crippen molar-refractivity contribution in [2.45, 2.75) is 214 Å². The molecule has 0 fully saturated rings. The smallest absolute Gasteiger partial charge is 0.310 e. The molecule has 0 saturated carbocycles. The molecule has 1 aromatic carbocycles. The normalized spacial score (nSPS) is 11.6. The van der Waals surface area contributed by atoms with Crippen molar-refractivity contribution in [3.63, 3.8) is 0 Å². The largest absolute Gasteiger partial charge is 0.507 e. The third-order valence-electron chi connectivity index (χ3n) is 8.77. The van der Waals surface area contributed by atoms with Gasteiger partial charge in [0.25, 0.3) is 0 Å². The summed E-state index contributed by atoms with van der Waals surface area (Å²) in [6.07, 6.45) is 28.7. The minimum Gasteiger partial charge on any atom is -0.507 e. The highest BCUT2D eigenvalue weighted by Crippen LogP contribution is 2.41. The number of ether oxygens (including phenoxy) is 2. The van der Waals surface area contributed by atoms with Crippen LogP contribution >= 0.6 is 0 Å². The zero-order valence-electron chi connectivity index (χ0n) is 32.5. The molecule has 274 valence electrons. The fraction of sp³-hybridized carbons (Fsp3) is 0.810.